The molecule has 6 heteroatoms. The molecule has 3 rings (SSSR count). The van der Waals surface area contributed by atoms with Gasteiger partial charge in [0.05, 0.1) is 13.2 Å². The van der Waals surface area contributed by atoms with E-state index in [0.29, 0.717) is 24.9 Å². The van der Waals surface area contributed by atoms with Crippen molar-refractivity contribution in [2.24, 2.45) is 0 Å². The van der Waals surface area contributed by atoms with E-state index in [4.69, 9.17) is 9.47 Å². The summed E-state index contributed by atoms with van der Waals surface area (Å²) in [6.45, 7) is 4.48. The van der Waals surface area contributed by atoms with Crippen LogP contribution in [0.2, 0.25) is 0 Å². The van der Waals surface area contributed by atoms with Crippen LogP contribution in [0.4, 0.5) is 4.39 Å². The van der Waals surface area contributed by atoms with Gasteiger partial charge in [-0.1, -0.05) is 6.07 Å². The summed E-state index contributed by atoms with van der Waals surface area (Å²) in [6.07, 6.45) is 2.22. The number of hydrogen-bond acceptors (Lipinski definition) is 5. The Hall–Kier alpha value is -1.21. The molecule has 0 saturated carbocycles. The molecule has 2 fully saturated rings. The zero-order chi connectivity index (χ0) is 17.0. The van der Waals surface area contributed by atoms with Crippen molar-refractivity contribution in [1.29, 1.82) is 0 Å². The van der Waals surface area contributed by atoms with Crippen molar-refractivity contribution in [2.45, 2.75) is 24.5 Å². The van der Waals surface area contributed by atoms with Gasteiger partial charge in [0, 0.05) is 25.2 Å². The zero-order valence-corrected chi connectivity index (χ0v) is 14.3. The SMILES string of the molecule is CN1CCC(N2CCOC[C@](O)(COc3cccc(F)c3)C2)CC1. The largest absolute Gasteiger partial charge is 0.490 e. The molecular weight excluding hydrogens is 311 g/mol. The van der Waals surface area contributed by atoms with Crippen molar-refractivity contribution in [2.75, 3.05) is 53.0 Å². The summed E-state index contributed by atoms with van der Waals surface area (Å²) in [4.78, 5) is 4.67. The van der Waals surface area contributed by atoms with Gasteiger partial charge in [0.1, 0.15) is 23.8 Å². The standard InChI is InChI=1S/C18H27FN2O3/c1-20-7-5-16(6-8-20)21-9-10-23-13-18(22,12-21)14-24-17-4-2-3-15(19)11-17/h2-4,11,16,22H,5-10,12-14H2,1H3/t18-/m0/s1. The second-order valence-corrected chi connectivity index (χ2v) is 7.03. The van der Waals surface area contributed by atoms with E-state index in [1.54, 1.807) is 12.1 Å². The molecule has 1 atom stereocenters. The lowest BCUT2D eigenvalue weighted by molar-refractivity contribution is -0.0688. The molecule has 5 nitrogen and oxygen atoms in total. The summed E-state index contributed by atoms with van der Waals surface area (Å²) in [5.74, 6) is 0.0862. The molecule has 0 amide bonds. The van der Waals surface area contributed by atoms with E-state index < -0.39 is 5.60 Å². The average molecular weight is 338 g/mol. The highest BCUT2D eigenvalue weighted by Gasteiger charge is 2.36. The predicted octanol–water partition coefficient (Wildman–Crippen LogP) is 1.36. The number of aliphatic hydroxyl groups is 1. The fourth-order valence-electron chi connectivity index (χ4n) is 3.48. The number of likely N-dealkylation sites (tertiary alicyclic amines) is 1. The fraction of sp³-hybridized carbons (Fsp3) is 0.667. The van der Waals surface area contributed by atoms with Crippen LogP contribution in [0.3, 0.4) is 0 Å². The number of nitrogens with zero attached hydrogens (tertiary/aromatic N) is 2. The minimum absolute atomic E-state index is 0.0968. The molecule has 1 N–H and O–H groups in total. The Bertz CT molecular complexity index is 537. The Balaban J connectivity index is 1.60. The van der Waals surface area contributed by atoms with E-state index in [1.165, 1.54) is 12.1 Å². The lowest BCUT2D eigenvalue weighted by atomic mass is 10.00. The number of piperidine rings is 1. The molecule has 0 radical (unpaired) electrons. The van der Waals surface area contributed by atoms with Crippen LogP contribution in [0, 0.1) is 5.82 Å². The van der Waals surface area contributed by atoms with Crippen molar-refractivity contribution >= 4 is 0 Å². The lowest BCUT2D eigenvalue weighted by Crippen LogP contribution is -2.53. The van der Waals surface area contributed by atoms with Gasteiger partial charge in [-0.2, -0.15) is 0 Å². The van der Waals surface area contributed by atoms with Gasteiger partial charge in [0.25, 0.3) is 0 Å². The Morgan fingerprint density at radius 2 is 2.12 bits per heavy atom. The quantitative estimate of drug-likeness (QED) is 0.898. The van der Waals surface area contributed by atoms with E-state index in [1.807, 2.05) is 0 Å². The monoisotopic (exact) mass is 338 g/mol. The first-order chi connectivity index (χ1) is 11.5. The van der Waals surface area contributed by atoms with Gasteiger partial charge in [-0.3, -0.25) is 4.90 Å². The average Bonchev–Trinajstić information content (AvgIpc) is 2.76. The van der Waals surface area contributed by atoms with Crippen LogP contribution in [0.1, 0.15) is 12.8 Å². The maximum Gasteiger partial charge on any atom is 0.134 e. The zero-order valence-electron chi connectivity index (χ0n) is 14.3. The van der Waals surface area contributed by atoms with Crippen molar-refractivity contribution in [3.05, 3.63) is 30.1 Å². The normalized spacial score (nSPS) is 27.8. The third-order valence-electron chi connectivity index (χ3n) is 4.90. The molecule has 2 heterocycles. The third kappa shape index (κ3) is 4.66. The van der Waals surface area contributed by atoms with Crippen LogP contribution in [0.15, 0.2) is 24.3 Å². The summed E-state index contributed by atoms with van der Waals surface area (Å²) in [6, 6.07) is 6.47. The maximum absolute atomic E-state index is 13.3. The minimum atomic E-state index is -1.08. The van der Waals surface area contributed by atoms with Crippen LogP contribution in [0.5, 0.6) is 5.75 Å². The highest BCUT2D eigenvalue weighted by atomic mass is 19.1. The number of benzene rings is 1. The van der Waals surface area contributed by atoms with Crippen LogP contribution >= 0.6 is 0 Å². The van der Waals surface area contributed by atoms with Gasteiger partial charge in [-0.25, -0.2) is 4.39 Å². The lowest BCUT2D eigenvalue weighted by Gasteiger charge is -2.39. The molecule has 24 heavy (non-hydrogen) atoms. The Morgan fingerprint density at radius 3 is 2.88 bits per heavy atom. The van der Waals surface area contributed by atoms with E-state index in [-0.39, 0.29) is 19.0 Å². The van der Waals surface area contributed by atoms with Crippen molar-refractivity contribution in [1.82, 2.24) is 9.80 Å². The highest BCUT2D eigenvalue weighted by Crippen LogP contribution is 2.22. The Kier molecular flexibility index (Phi) is 5.71. The molecule has 1 aromatic rings. The van der Waals surface area contributed by atoms with E-state index in [9.17, 15) is 9.50 Å². The Morgan fingerprint density at radius 1 is 1.33 bits per heavy atom. The molecule has 2 saturated heterocycles. The summed E-state index contributed by atoms with van der Waals surface area (Å²) >= 11 is 0. The van der Waals surface area contributed by atoms with Gasteiger partial charge < -0.3 is 19.5 Å². The van der Waals surface area contributed by atoms with E-state index >= 15 is 0 Å². The molecule has 1 aromatic carbocycles. The summed E-state index contributed by atoms with van der Waals surface area (Å²) in [5, 5.41) is 10.9. The van der Waals surface area contributed by atoms with Crippen molar-refractivity contribution in [3.8, 4) is 5.75 Å². The molecule has 0 unspecified atom stereocenters. The maximum atomic E-state index is 13.3. The van der Waals surface area contributed by atoms with E-state index in [2.05, 4.69) is 16.8 Å². The number of ether oxygens (including phenoxy) is 2. The third-order valence-corrected chi connectivity index (χ3v) is 4.90. The van der Waals surface area contributed by atoms with Crippen LogP contribution in [-0.4, -0.2) is 79.6 Å². The van der Waals surface area contributed by atoms with Crippen molar-refractivity contribution < 1.29 is 19.0 Å². The van der Waals surface area contributed by atoms with Gasteiger partial charge in [0.2, 0.25) is 0 Å². The number of rotatable bonds is 4. The molecule has 2 aliphatic rings. The minimum Gasteiger partial charge on any atom is -0.490 e. The molecule has 0 spiro atoms. The molecule has 0 bridgehead atoms. The topological polar surface area (TPSA) is 45.2 Å². The van der Waals surface area contributed by atoms with Crippen molar-refractivity contribution in [3.63, 3.8) is 0 Å². The van der Waals surface area contributed by atoms with Crippen LogP contribution in [-0.2, 0) is 4.74 Å². The smallest absolute Gasteiger partial charge is 0.134 e. The first kappa shape index (κ1) is 17.6. The molecular formula is C18H27FN2O3. The first-order valence-electron chi connectivity index (χ1n) is 8.65. The predicted molar refractivity (Wildman–Crippen MR) is 89.8 cm³/mol. The molecule has 2 aliphatic heterocycles. The molecule has 0 aromatic heterocycles. The highest BCUT2D eigenvalue weighted by molar-refractivity contribution is 5.22. The summed E-state index contributed by atoms with van der Waals surface area (Å²) in [7, 11) is 2.14. The molecule has 134 valence electrons. The van der Waals surface area contributed by atoms with Gasteiger partial charge in [-0.15, -0.1) is 0 Å². The van der Waals surface area contributed by atoms with Crippen LogP contribution < -0.4 is 4.74 Å². The van der Waals surface area contributed by atoms with Gasteiger partial charge >= 0.3 is 0 Å². The first-order valence-corrected chi connectivity index (χ1v) is 8.65. The fourth-order valence-corrected chi connectivity index (χ4v) is 3.48. The second kappa shape index (κ2) is 7.78. The summed E-state index contributed by atoms with van der Waals surface area (Å²) < 4.78 is 24.5. The summed E-state index contributed by atoms with van der Waals surface area (Å²) in [5.41, 5.74) is -1.08. The van der Waals surface area contributed by atoms with Gasteiger partial charge in [0.15, 0.2) is 0 Å². The number of halogens is 1. The van der Waals surface area contributed by atoms with Gasteiger partial charge in [-0.05, 0) is 45.1 Å². The number of β-amino-alcohol motifs (C(OH)–C–C–N with tert-alkyl or cyclic N) is 1. The second-order valence-electron chi connectivity index (χ2n) is 7.03. The molecule has 0 aliphatic carbocycles. The number of hydrogen-bond donors (Lipinski definition) is 1. The van der Waals surface area contributed by atoms with Crippen LogP contribution in [0.25, 0.3) is 0 Å². The van der Waals surface area contributed by atoms with E-state index in [0.717, 1.165) is 32.5 Å². The Labute approximate surface area is 143 Å².